The van der Waals surface area contributed by atoms with Gasteiger partial charge in [-0.05, 0) is 54.8 Å². The highest BCUT2D eigenvalue weighted by Gasteiger charge is 2.12. The highest BCUT2D eigenvalue weighted by atomic mass is 16.1. The number of hydrogen-bond donors (Lipinski definition) is 1. The summed E-state index contributed by atoms with van der Waals surface area (Å²) in [6, 6.07) is 9.99. The zero-order valence-corrected chi connectivity index (χ0v) is 15.5. The van der Waals surface area contributed by atoms with Crippen LogP contribution < -0.4 is 5.73 Å². The summed E-state index contributed by atoms with van der Waals surface area (Å²) in [5, 5.41) is 1.10. The van der Waals surface area contributed by atoms with E-state index < -0.39 is 5.91 Å². The Kier molecular flexibility index (Phi) is 4.00. The van der Waals surface area contributed by atoms with Crippen molar-refractivity contribution in [3.8, 4) is 22.3 Å². The third-order valence-corrected chi connectivity index (χ3v) is 5.14. The molecule has 0 bridgehead atoms. The van der Waals surface area contributed by atoms with Crippen molar-refractivity contribution in [3.63, 3.8) is 0 Å². The van der Waals surface area contributed by atoms with Gasteiger partial charge in [-0.2, -0.15) is 0 Å². The number of nitrogens with zero attached hydrogens (tertiary/aromatic N) is 3. The maximum Gasteiger partial charge on any atom is 0.248 e. The van der Waals surface area contributed by atoms with Gasteiger partial charge in [0.2, 0.25) is 5.91 Å². The summed E-state index contributed by atoms with van der Waals surface area (Å²) in [6.07, 6.45) is 7.55. The first-order chi connectivity index (χ1) is 13.0. The number of aromatic nitrogens is 3. The number of amides is 1. The van der Waals surface area contributed by atoms with Gasteiger partial charge < -0.3 is 10.3 Å². The molecule has 0 aliphatic rings. The minimum atomic E-state index is -0.406. The molecule has 0 fully saturated rings. The molecule has 0 saturated heterocycles. The lowest BCUT2D eigenvalue weighted by molar-refractivity contribution is 0.0999. The molecule has 3 heterocycles. The number of carbonyl (C=O) groups excluding carboxylic acids is 1. The van der Waals surface area contributed by atoms with Crippen molar-refractivity contribution in [2.24, 2.45) is 12.8 Å². The fraction of sp³-hybridized carbons (Fsp3) is 0.136. The van der Waals surface area contributed by atoms with E-state index in [0.29, 0.717) is 5.56 Å². The van der Waals surface area contributed by atoms with Gasteiger partial charge in [0.25, 0.3) is 0 Å². The molecular formula is C22H20N4O. The number of benzene rings is 1. The average molecular weight is 356 g/mol. The predicted octanol–water partition coefficient (Wildman–Crippen LogP) is 4.02. The van der Waals surface area contributed by atoms with Crippen LogP contribution >= 0.6 is 0 Å². The fourth-order valence-corrected chi connectivity index (χ4v) is 3.46. The zero-order valence-electron chi connectivity index (χ0n) is 15.5. The summed E-state index contributed by atoms with van der Waals surface area (Å²) < 4.78 is 2.00. The van der Waals surface area contributed by atoms with Crippen LogP contribution in [0.3, 0.4) is 0 Å². The minimum Gasteiger partial charge on any atom is -0.366 e. The molecule has 2 N–H and O–H groups in total. The SMILES string of the molecule is Cc1c(C(N)=O)ccc(-c2cncc(-c3cnc4c(ccn4C)c3)c2)c1C. The molecule has 134 valence electrons. The molecule has 5 heteroatoms. The van der Waals surface area contributed by atoms with E-state index in [1.54, 1.807) is 6.07 Å². The second-order valence-electron chi connectivity index (χ2n) is 6.80. The van der Waals surface area contributed by atoms with Crippen LogP contribution in [0.5, 0.6) is 0 Å². The van der Waals surface area contributed by atoms with Gasteiger partial charge in [0.1, 0.15) is 5.65 Å². The number of rotatable bonds is 3. The molecule has 4 aromatic rings. The van der Waals surface area contributed by atoms with Crippen LogP contribution in [0, 0.1) is 13.8 Å². The fourth-order valence-electron chi connectivity index (χ4n) is 3.46. The maximum absolute atomic E-state index is 11.6. The Morgan fingerprint density at radius 1 is 0.963 bits per heavy atom. The van der Waals surface area contributed by atoms with Gasteiger partial charge in [-0.3, -0.25) is 9.78 Å². The molecule has 4 rings (SSSR count). The number of aryl methyl sites for hydroxylation is 1. The lowest BCUT2D eigenvalue weighted by Gasteiger charge is -2.13. The Hall–Kier alpha value is -3.47. The molecule has 0 unspecified atom stereocenters. The van der Waals surface area contributed by atoms with E-state index in [0.717, 1.165) is 44.4 Å². The van der Waals surface area contributed by atoms with Gasteiger partial charge >= 0.3 is 0 Å². The van der Waals surface area contributed by atoms with E-state index in [2.05, 4.69) is 28.2 Å². The van der Waals surface area contributed by atoms with Crippen molar-refractivity contribution < 1.29 is 4.79 Å². The smallest absolute Gasteiger partial charge is 0.248 e. The molecule has 0 atom stereocenters. The summed E-state index contributed by atoms with van der Waals surface area (Å²) in [6.45, 7) is 3.92. The van der Waals surface area contributed by atoms with Crippen LogP contribution in [0.15, 0.2) is 55.1 Å². The lowest BCUT2D eigenvalue weighted by atomic mass is 9.93. The first-order valence-corrected chi connectivity index (χ1v) is 8.72. The molecule has 0 spiro atoms. The molecule has 3 aromatic heterocycles. The van der Waals surface area contributed by atoms with Crippen LogP contribution in [0.1, 0.15) is 21.5 Å². The van der Waals surface area contributed by atoms with E-state index in [1.807, 2.05) is 56.3 Å². The van der Waals surface area contributed by atoms with Crippen molar-refractivity contribution in [2.75, 3.05) is 0 Å². The predicted molar refractivity (Wildman–Crippen MR) is 107 cm³/mol. The zero-order chi connectivity index (χ0) is 19.1. The Morgan fingerprint density at radius 2 is 1.70 bits per heavy atom. The molecule has 0 radical (unpaired) electrons. The minimum absolute atomic E-state index is 0.406. The quantitative estimate of drug-likeness (QED) is 0.602. The monoisotopic (exact) mass is 356 g/mol. The topological polar surface area (TPSA) is 73.8 Å². The average Bonchev–Trinajstić information content (AvgIpc) is 3.04. The van der Waals surface area contributed by atoms with Crippen molar-refractivity contribution in [2.45, 2.75) is 13.8 Å². The van der Waals surface area contributed by atoms with Crippen molar-refractivity contribution >= 4 is 16.9 Å². The van der Waals surface area contributed by atoms with Gasteiger partial charge in [0, 0.05) is 59.5 Å². The molecule has 0 aliphatic heterocycles. The molecule has 5 nitrogen and oxygen atoms in total. The highest BCUT2D eigenvalue weighted by molar-refractivity contribution is 5.95. The number of primary amides is 1. The summed E-state index contributed by atoms with van der Waals surface area (Å²) >= 11 is 0. The van der Waals surface area contributed by atoms with Crippen LogP contribution in [0.4, 0.5) is 0 Å². The summed E-state index contributed by atoms with van der Waals surface area (Å²) in [5.74, 6) is -0.406. The second kappa shape index (κ2) is 6.36. The van der Waals surface area contributed by atoms with Gasteiger partial charge in [0.05, 0.1) is 0 Å². The Balaban J connectivity index is 1.80. The second-order valence-corrected chi connectivity index (χ2v) is 6.80. The molecule has 1 amide bonds. The van der Waals surface area contributed by atoms with Crippen LogP contribution in [-0.2, 0) is 7.05 Å². The number of nitrogens with two attached hydrogens (primary N) is 1. The van der Waals surface area contributed by atoms with Crippen molar-refractivity contribution in [3.05, 3.63) is 71.8 Å². The van der Waals surface area contributed by atoms with E-state index >= 15 is 0 Å². The largest absolute Gasteiger partial charge is 0.366 e. The van der Waals surface area contributed by atoms with E-state index in [4.69, 9.17) is 5.73 Å². The summed E-state index contributed by atoms with van der Waals surface area (Å²) in [5.41, 5.74) is 13.0. The molecule has 1 aromatic carbocycles. The number of pyridine rings is 2. The van der Waals surface area contributed by atoms with Gasteiger partial charge in [-0.1, -0.05) is 6.07 Å². The normalized spacial score (nSPS) is 11.1. The third-order valence-electron chi connectivity index (χ3n) is 5.14. The van der Waals surface area contributed by atoms with Crippen LogP contribution in [0.2, 0.25) is 0 Å². The lowest BCUT2D eigenvalue weighted by Crippen LogP contribution is -2.13. The van der Waals surface area contributed by atoms with E-state index in [-0.39, 0.29) is 0 Å². The highest BCUT2D eigenvalue weighted by Crippen LogP contribution is 2.30. The third kappa shape index (κ3) is 2.87. The van der Waals surface area contributed by atoms with E-state index in [9.17, 15) is 4.79 Å². The summed E-state index contributed by atoms with van der Waals surface area (Å²) in [4.78, 5) is 20.6. The Morgan fingerprint density at radius 3 is 2.48 bits per heavy atom. The summed E-state index contributed by atoms with van der Waals surface area (Å²) in [7, 11) is 1.98. The van der Waals surface area contributed by atoms with Gasteiger partial charge in [-0.15, -0.1) is 0 Å². The van der Waals surface area contributed by atoms with Crippen molar-refractivity contribution in [1.82, 2.24) is 14.5 Å². The van der Waals surface area contributed by atoms with Gasteiger partial charge in [0.15, 0.2) is 0 Å². The van der Waals surface area contributed by atoms with Gasteiger partial charge in [-0.25, -0.2) is 4.98 Å². The first-order valence-electron chi connectivity index (χ1n) is 8.72. The van der Waals surface area contributed by atoms with Crippen LogP contribution in [0.25, 0.3) is 33.3 Å². The number of fused-ring (bicyclic) bond motifs is 1. The molecule has 27 heavy (non-hydrogen) atoms. The van der Waals surface area contributed by atoms with Crippen LogP contribution in [-0.4, -0.2) is 20.4 Å². The first kappa shape index (κ1) is 17.0. The standard InChI is InChI=1S/C22H20N4O/c1-13-14(2)20(21(23)27)5-4-19(13)18-9-16(10-24-11-18)17-8-15-6-7-26(3)22(15)25-12-17/h4-12H,1-3H3,(H2,23,27). The number of carbonyl (C=O) groups is 1. The molecule has 0 aliphatic carbocycles. The van der Waals surface area contributed by atoms with E-state index in [1.165, 1.54) is 0 Å². The molecular weight excluding hydrogens is 336 g/mol. The Bertz CT molecular complexity index is 1190. The molecule has 0 saturated carbocycles. The maximum atomic E-state index is 11.6. The number of hydrogen-bond acceptors (Lipinski definition) is 3. The Labute approximate surface area is 157 Å². The van der Waals surface area contributed by atoms with Crippen molar-refractivity contribution in [1.29, 1.82) is 0 Å².